The molecule has 1 heterocycles. The van der Waals surface area contributed by atoms with E-state index in [1.54, 1.807) is 6.92 Å². The number of benzene rings is 1. The van der Waals surface area contributed by atoms with Crippen LogP contribution in [0.25, 0.3) is 0 Å². The Morgan fingerprint density at radius 2 is 1.94 bits per heavy atom. The average molecular weight is 250 g/mol. The van der Waals surface area contributed by atoms with Gasteiger partial charge in [0.05, 0.1) is 6.04 Å². The molecule has 2 atom stereocenters. The minimum absolute atomic E-state index is 0.0170. The fourth-order valence-corrected chi connectivity index (χ4v) is 1.88. The SMILES string of the molecule is CC(NC(C)c1ccc2c(c1)OCCO2)C(N)=O. The van der Waals surface area contributed by atoms with E-state index in [0.29, 0.717) is 13.2 Å². The van der Waals surface area contributed by atoms with E-state index >= 15 is 0 Å². The van der Waals surface area contributed by atoms with Crippen LogP contribution in [0, 0.1) is 0 Å². The monoisotopic (exact) mass is 250 g/mol. The maximum atomic E-state index is 11.0. The van der Waals surface area contributed by atoms with E-state index in [0.717, 1.165) is 17.1 Å². The van der Waals surface area contributed by atoms with Crippen molar-refractivity contribution >= 4 is 5.91 Å². The van der Waals surface area contributed by atoms with Crippen molar-refractivity contribution in [3.05, 3.63) is 23.8 Å². The first kappa shape index (κ1) is 12.7. The normalized spacial score (nSPS) is 17.0. The van der Waals surface area contributed by atoms with E-state index < -0.39 is 0 Å². The van der Waals surface area contributed by atoms with Crippen LogP contribution in [-0.4, -0.2) is 25.2 Å². The third-order valence-corrected chi connectivity index (χ3v) is 2.99. The van der Waals surface area contributed by atoms with E-state index in [1.807, 2.05) is 25.1 Å². The van der Waals surface area contributed by atoms with Crippen LogP contribution in [0.5, 0.6) is 11.5 Å². The molecule has 0 bridgehead atoms. The number of hydrogen-bond donors (Lipinski definition) is 2. The summed E-state index contributed by atoms with van der Waals surface area (Å²) >= 11 is 0. The molecule has 0 saturated heterocycles. The van der Waals surface area contributed by atoms with Crippen molar-refractivity contribution in [2.45, 2.75) is 25.9 Å². The molecule has 1 aliphatic rings. The summed E-state index contributed by atoms with van der Waals surface area (Å²) in [5.74, 6) is 1.15. The highest BCUT2D eigenvalue weighted by molar-refractivity contribution is 5.79. The molecule has 98 valence electrons. The predicted molar refractivity (Wildman–Crippen MR) is 67.6 cm³/mol. The number of primary amides is 1. The van der Waals surface area contributed by atoms with E-state index in [2.05, 4.69) is 5.32 Å². The molecule has 3 N–H and O–H groups in total. The van der Waals surface area contributed by atoms with Gasteiger partial charge in [0.15, 0.2) is 11.5 Å². The van der Waals surface area contributed by atoms with Gasteiger partial charge in [-0.2, -0.15) is 0 Å². The zero-order valence-corrected chi connectivity index (χ0v) is 10.6. The lowest BCUT2D eigenvalue weighted by Crippen LogP contribution is -2.40. The van der Waals surface area contributed by atoms with Gasteiger partial charge in [0, 0.05) is 6.04 Å². The van der Waals surface area contributed by atoms with Gasteiger partial charge in [-0.25, -0.2) is 0 Å². The average Bonchev–Trinajstić information content (AvgIpc) is 2.37. The van der Waals surface area contributed by atoms with Crippen LogP contribution in [0.15, 0.2) is 18.2 Å². The van der Waals surface area contributed by atoms with Gasteiger partial charge < -0.3 is 15.2 Å². The summed E-state index contributed by atoms with van der Waals surface area (Å²) in [7, 11) is 0. The van der Waals surface area contributed by atoms with Crippen LogP contribution in [0.1, 0.15) is 25.5 Å². The number of carbonyl (C=O) groups is 1. The molecule has 1 aromatic carbocycles. The van der Waals surface area contributed by atoms with Crippen molar-refractivity contribution in [2.24, 2.45) is 5.73 Å². The van der Waals surface area contributed by atoms with Crippen LogP contribution in [0.3, 0.4) is 0 Å². The summed E-state index contributed by atoms with van der Waals surface area (Å²) in [4.78, 5) is 11.0. The summed E-state index contributed by atoms with van der Waals surface area (Å²) in [6.45, 7) is 4.87. The maximum Gasteiger partial charge on any atom is 0.234 e. The lowest BCUT2D eigenvalue weighted by atomic mass is 10.1. The van der Waals surface area contributed by atoms with Crippen LogP contribution >= 0.6 is 0 Å². The predicted octanol–water partition coefficient (Wildman–Crippen LogP) is 0.982. The summed E-state index contributed by atoms with van der Waals surface area (Å²) in [5, 5.41) is 3.13. The lowest BCUT2D eigenvalue weighted by Gasteiger charge is -2.22. The fourth-order valence-electron chi connectivity index (χ4n) is 1.88. The quantitative estimate of drug-likeness (QED) is 0.835. The standard InChI is InChI=1S/C13H18N2O3/c1-8(15-9(2)13(14)16)10-3-4-11-12(7-10)18-6-5-17-11/h3-4,7-9,15H,5-6H2,1-2H3,(H2,14,16). The van der Waals surface area contributed by atoms with E-state index in [9.17, 15) is 4.79 Å². The number of hydrogen-bond acceptors (Lipinski definition) is 4. The Balaban J connectivity index is 2.11. The van der Waals surface area contributed by atoms with Crippen molar-refractivity contribution < 1.29 is 14.3 Å². The molecule has 18 heavy (non-hydrogen) atoms. The van der Waals surface area contributed by atoms with Crippen molar-refractivity contribution in [2.75, 3.05) is 13.2 Å². The third kappa shape index (κ3) is 2.73. The Morgan fingerprint density at radius 3 is 2.61 bits per heavy atom. The number of amides is 1. The van der Waals surface area contributed by atoms with Crippen molar-refractivity contribution in [3.63, 3.8) is 0 Å². The van der Waals surface area contributed by atoms with Crippen LogP contribution in [0.2, 0.25) is 0 Å². The molecule has 5 heteroatoms. The molecule has 1 aliphatic heterocycles. The molecule has 0 aliphatic carbocycles. The third-order valence-electron chi connectivity index (χ3n) is 2.99. The second-order valence-electron chi connectivity index (χ2n) is 4.42. The Labute approximate surface area is 106 Å². The maximum absolute atomic E-state index is 11.0. The Bertz CT molecular complexity index is 448. The zero-order chi connectivity index (χ0) is 13.1. The molecule has 0 aromatic heterocycles. The van der Waals surface area contributed by atoms with Crippen molar-refractivity contribution in [1.29, 1.82) is 0 Å². The number of rotatable bonds is 4. The first-order valence-electron chi connectivity index (χ1n) is 6.03. The number of nitrogens with one attached hydrogen (secondary N) is 1. The largest absolute Gasteiger partial charge is 0.486 e. The zero-order valence-electron chi connectivity index (χ0n) is 10.6. The molecule has 0 saturated carbocycles. The number of nitrogens with two attached hydrogens (primary N) is 1. The summed E-state index contributed by atoms with van der Waals surface area (Å²) < 4.78 is 11.0. The Morgan fingerprint density at radius 1 is 1.28 bits per heavy atom. The molecule has 0 fully saturated rings. The number of fused-ring (bicyclic) bond motifs is 1. The summed E-state index contributed by atoms with van der Waals surface area (Å²) in [6, 6.07) is 5.42. The van der Waals surface area contributed by atoms with Crippen LogP contribution in [0.4, 0.5) is 0 Å². The van der Waals surface area contributed by atoms with Gasteiger partial charge >= 0.3 is 0 Å². The molecule has 1 aromatic rings. The van der Waals surface area contributed by atoms with Gasteiger partial charge in [-0.3, -0.25) is 10.1 Å². The molecule has 5 nitrogen and oxygen atoms in total. The first-order chi connectivity index (χ1) is 8.58. The first-order valence-corrected chi connectivity index (χ1v) is 6.03. The smallest absolute Gasteiger partial charge is 0.234 e. The van der Waals surface area contributed by atoms with E-state index in [1.165, 1.54) is 0 Å². The van der Waals surface area contributed by atoms with Gasteiger partial charge in [0.2, 0.25) is 5.91 Å². The Kier molecular flexibility index (Phi) is 3.72. The molecule has 0 spiro atoms. The van der Waals surface area contributed by atoms with Gasteiger partial charge in [-0.15, -0.1) is 0 Å². The molecule has 2 unspecified atom stereocenters. The molecular formula is C13H18N2O3. The van der Waals surface area contributed by atoms with E-state index in [4.69, 9.17) is 15.2 Å². The lowest BCUT2D eigenvalue weighted by molar-refractivity contribution is -0.119. The fraction of sp³-hybridized carbons (Fsp3) is 0.462. The minimum atomic E-state index is -0.367. The highest BCUT2D eigenvalue weighted by Gasteiger charge is 2.17. The minimum Gasteiger partial charge on any atom is -0.486 e. The van der Waals surface area contributed by atoms with E-state index in [-0.39, 0.29) is 18.0 Å². The topological polar surface area (TPSA) is 73.6 Å². The van der Waals surface area contributed by atoms with Gasteiger partial charge in [0.1, 0.15) is 13.2 Å². The second-order valence-corrected chi connectivity index (χ2v) is 4.42. The molecule has 2 rings (SSSR count). The van der Waals surface area contributed by atoms with Crippen LogP contribution < -0.4 is 20.5 Å². The molecule has 1 amide bonds. The molecular weight excluding hydrogens is 232 g/mol. The number of ether oxygens (including phenoxy) is 2. The highest BCUT2D eigenvalue weighted by atomic mass is 16.6. The second kappa shape index (κ2) is 5.27. The van der Waals surface area contributed by atoms with Gasteiger partial charge in [0.25, 0.3) is 0 Å². The van der Waals surface area contributed by atoms with Gasteiger partial charge in [-0.1, -0.05) is 6.07 Å². The van der Waals surface area contributed by atoms with Crippen molar-refractivity contribution in [1.82, 2.24) is 5.32 Å². The molecule has 0 radical (unpaired) electrons. The van der Waals surface area contributed by atoms with Gasteiger partial charge in [-0.05, 0) is 31.5 Å². The number of carbonyl (C=O) groups excluding carboxylic acids is 1. The summed E-state index contributed by atoms with van der Waals surface area (Å²) in [5.41, 5.74) is 6.26. The van der Waals surface area contributed by atoms with Crippen molar-refractivity contribution in [3.8, 4) is 11.5 Å². The Hall–Kier alpha value is -1.75. The summed E-state index contributed by atoms with van der Waals surface area (Å²) in [6.07, 6.45) is 0. The highest BCUT2D eigenvalue weighted by Crippen LogP contribution is 2.32. The van der Waals surface area contributed by atoms with Crippen LogP contribution in [-0.2, 0) is 4.79 Å².